The number of nitrogens with two attached hydrogens (primary N) is 1. The number of aromatic nitrogens is 2. The fraction of sp³-hybridized carbons (Fsp3) is 0.750. The van der Waals surface area contributed by atoms with Gasteiger partial charge >= 0.3 is 0 Å². The van der Waals surface area contributed by atoms with Crippen molar-refractivity contribution in [2.45, 2.75) is 65.0 Å². The Labute approximate surface area is 127 Å². The van der Waals surface area contributed by atoms with Crippen LogP contribution in [0.15, 0.2) is 6.07 Å². The Kier molecular flexibility index (Phi) is 5.79. The lowest BCUT2D eigenvalue weighted by atomic mass is 9.91. The SMILES string of the molecule is CCCOc1cc(C)nc(N(CC)C2CCC(N)CC2)n1. The average Bonchev–Trinajstić information content (AvgIpc) is 2.47. The normalized spacial score (nSPS) is 22.1. The highest BCUT2D eigenvalue weighted by Crippen LogP contribution is 2.26. The van der Waals surface area contributed by atoms with Crippen molar-refractivity contribution in [3.8, 4) is 5.88 Å². The minimum absolute atomic E-state index is 0.363. The van der Waals surface area contributed by atoms with E-state index in [0.29, 0.717) is 24.6 Å². The van der Waals surface area contributed by atoms with Gasteiger partial charge in [-0.25, -0.2) is 4.98 Å². The topological polar surface area (TPSA) is 64.3 Å². The first kappa shape index (κ1) is 16.0. The highest BCUT2D eigenvalue weighted by molar-refractivity contribution is 5.35. The van der Waals surface area contributed by atoms with Crippen molar-refractivity contribution in [3.63, 3.8) is 0 Å². The molecule has 0 radical (unpaired) electrons. The van der Waals surface area contributed by atoms with Crippen LogP contribution in [0.2, 0.25) is 0 Å². The second-order valence-corrected chi connectivity index (χ2v) is 5.85. The van der Waals surface area contributed by atoms with Crippen molar-refractivity contribution in [1.29, 1.82) is 0 Å². The quantitative estimate of drug-likeness (QED) is 0.873. The Morgan fingerprint density at radius 3 is 2.57 bits per heavy atom. The Morgan fingerprint density at radius 2 is 1.95 bits per heavy atom. The Morgan fingerprint density at radius 1 is 1.24 bits per heavy atom. The first-order valence-electron chi connectivity index (χ1n) is 8.14. The van der Waals surface area contributed by atoms with E-state index in [1.807, 2.05) is 13.0 Å². The largest absolute Gasteiger partial charge is 0.478 e. The monoisotopic (exact) mass is 292 g/mol. The van der Waals surface area contributed by atoms with Crippen LogP contribution in [0.4, 0.5) is 5.95 Å². The molecule has 1 aliphatic rings. The maximum absolute atomic E-state index is 6.01. The number of rotatable bonds is 6. The molecule has 0 saturated heterocycles. The Hall–Kier alpha value is -1.36. The van der Waals surface area contributed by atoms with Gasteiger partial charge in [0.1, 0.15) is 0 Å². The average molecular weight is 292 g/mol. The molecular formula is C16H28N4O. The number of anilines is 1. The zero-order valence-corrected chi connectivity index (χ0v) is 13.5. The van der Waals surface area contributed by atoms with Crippen molar-refractivity contribution < 1.29 is 4.74 Å². The van der Waals surface area contributed by atoms with E-state index < -0.39 is 0 Å². The van der Waals surface area contributed by atoms with E-state index >= 15 is 0 Å². The van der Waals surface area contributed by atoms with Crippen LogP contribution in [0.1, 0.15) is 51.6 Å². The van der Waals surface area contributed by atoms with Gasteiger partial charge in [0, 0.05) is 30.4 Å². The third kappa shape index (κ3) is 4.30. The van der Waals surface area contributed by atoms with E-state index in [-0.39, 0.29) is 0 Å². The molecule has 1 heterocycles. The summed E-state index contributed by atoms with van der Waals surface area (Å²) in [6.45, 7) is 7.86. The lowest BCUT2D eigenvalue weighted by Crippen LogP contribution is -2.41. The Balaban J connectivity index is 2.15. The van der Waals surface area contributed by atoms with Gasteiger partial charge in [0.15, 0.2) is 0 Å². The van der Waals surface area contributed by atoms with Gasteiger partial charge in [0.25, 0.3) is 0 Å². The van der Waals surface area contributed by atoms with Gasteiger partial charge in [-0.2, -0.15) is 4.98 Å². The predicted molar refractivity (Wildman–Crippen MR) is 85.8 cm³/mol. The van der Waals surface area contributed by atoms with Crippen molar-refractivity contribution in [2.75, 3.05) is 18.1 Å². The molecular weight excluding hydrogens is 264 g/mol. The molecule has 0 aromatic carbocycles. The van der Waals surface area contributed by atoms with E-state index in [0.717, 1.165) is 50.3 Å². The first-order valence-corrected chi connectivity index (χ1v) is 8.14. The van der Waals surface area contributed by atoms with Crippen molar-refractivity contribution >= 4 is 5.95 Å². The fourth-order valence-corrected chi connectivity index (χ4v) is 2.91. The molecule has 1 saturated carbocycles. The molecule has 1 aromatic rings. The van der Waals surface area contributed by atoms with Gasteiger partial charge in [0.05, 0.1) is 6.61 Å². The summed E-state index contributed by atoms with van der Waals surface area (Å²) < 4.78 is 5.68. The van der Waals surface area contributed by atoms with Gasteiger partial charge in [-0.05, 0) is 46.0 Å². The van der Waals surface area contributed by atoms with Gasteiger partial charge in [-0.3, -0.25) is 0 Å². The van der Waals surface area contributed by atoms with Crippen molar-refractivity contribution in [3.05, 3.63) is 11.8 Å². The maximum atomic E-state index is 6.01. The van der Waals surface area contributed by atoms with Crippen LogP contribution in [0.25, 0.3) is 0 Å². The second kappa shape index (κ2) is 7.59. The molecule has 5 nitrogen and oxygen atoms in total. The summed E-state index contributed by atoms with van der Waals surface area (Å²) in [5.74, 6) is 1.48. The van der Waals surface area contributed by atoms with E-state index in [4.69, 9.17) is 10.5 Å². The number of hydrogen-bond acceptors (Lipinski definition) is 5. The third-order valence-corrected chi connectivity index (χ3v) is 4.05. The van der Waals surface area contributed by atoms with E-state index in [1.165, 1.54) is 0 Å². The molecule has 1 fully saturated rings. The van der Waals surface area contributed by atoms with Gasteiger partial charge in [0.2, 0.25) is 11.8 Å². The zero-order valence-electron chi connectivity index (χ0n) is 13.5. The van der Waals surface area contributed by atoms with Gasteiger partial charge < -0.3 is 15.4 Å². The number of nitrogens with zero attached hydrogens (tertiary/aromatic N) is 3. The van der Waals surface area contributed by atoms with E-state index in [9.17, 15) is 0 Å². The summed E-state index contributed by atoms with van der Waals surface area (Å²) >= 11 is 0. The summed E-state index contributed by atoms with van der Waals surface area (Å²) in [4.78, 5) is 11.5. The summed E-state index contributed by atoms with van der Waals surface area (Å²) in [5, 5.41) is 0. The smallest absolute Gasteiger partial charge is 0.229 e. The second-order valence-electron chi connectivity index (χ2n) is 5.85. The molecule has 0 bridgehead atoms. The minimum Gasteiger partial charge on any atom is -0.478 e. The van der Waals surface area contributed by atoms with E-state index in [1.54, 1.807) is 0 Å². The molecule has 1 aliphatic carbocycles. The van der Waals surface area contributed by atoms with E-state index in [2.05, 4.69) is 28.7 Å². The molecule has 21 heavy (non-hydrogen) atoms. The molecule has 0 atom stereocenters. The number of ether oxygens (including phenoxy) is 1. The van der Waals surface area contributed by atoms with Crippen molar-refractivity contribution in [2.24, 2.45) is 5.73 Å². The summed E-state index contributed by atoms with van der Waals surface area (Å²) in [6.07, 6.45) is 5.41. The summed E-state index contributed by atoms with van der Waals surface area (Å²) in [6, 6.07) is 2.77. The Bertz CT molecular complexity index is 444. The molecule has 2 N–H and O–H groups in total. The van der Waals surface area contributed by atoms with Crippen LogP contribution < -0.4 is 15.4 Å². The van der Waals surface area contributed by atoms with Crippen molar-refractivity contribution in [1.82, 2.24) is 9.97 Å². The molecule has 2 rings (SSSR count). The van der Waals surface area contributed by atoms with Gasteiger partial charge in [-0.1, -0.05) is 6.92 Å². The highest BCUT2D eigenvalue weighted by atomic mass is 16.5. The summed E-state index contributed by atoms with van der Waals surface area (Å²) in [5.41, 5.74) is 6.97. The van der Waals surface area contributed by atoms with Crippen LogP contribution in [-0.4, -0.2) is 35.2 Å². The molecule has 0 amide bonds. The standard InChI is InChI=1S/C16H28N4O/c1-4-10-21-15-11-12(3)18-16(19-15)20(5-2)14-8-6-13(17)7-9-14/h11,13-14H,4-10,17H2,1-3H3. The van der Waals surface area contributed by atoms with Crippen LogP contribution in [0.3, 0.4) is 0 Å². The zero-order chi connectivity index (χ0) is 15.2. The number of aryl methyl sites for hydroxylation is 1. The van der Waals surface area contributed by atoms with Crippen LogP contribution in [0.5, 0.6) is 5.88 Å². The first-order chi connectivity index (χ1) is 10.1. The third-order valence-electron chi connectivity index (χ3n) is 4.05. The predicted octanol–water partition coefficient (Wildman–Crippen LogP) is 2.67. The van der Waals surface area contributed by atoms with Gasteiger partial charge in [-0.15, -0.1) is 0 Å². The molecule has 118 valence electrons. The lowest BCUT2D eigenvalue weighted by Gasteiger charge is -2.35. The van der Waals surface area contributed by atoms with Crippen LogP contribution in [0, 0.1) is 6.92 Å². The van der Waals surface area contributed by atoms with Crippen LogP contribution >= 0.6 is 0 Å². The molecule has 0 spiro atoms. The minimum atomic E-state index is 0.363. The lowest BCUT2D eigenvalue weighted by molar-refractivity contribution is 0.303. The van der Waals surface area contributed by atoms with Crippen LogP contribution in [-0.2, 0) is 0 Å². The molecule has 5 heteroatoms. The summed E-state index contributed by atoms with van der Waals surface area (Å²) in [7, 11) is 0. The fourth-order valence-electron chi connectivity index (χ4n) is 2.91. The highest BCUT2D eigenvalue weighted by Gasteiger charge is 2.25. The maximum Gasteiger partial charge on any atom is 0.229 e. The molecule has 0 aliphatic heterocycles. The molecule has 0 unspecified atom stereocenters. The molecule has 1 aromatic heterocycles. The number of hydrogen-bond donors (Lipinski definition) is 1.